The summed E-state index contributed by atoms with van der Waals surface area (Å²) in [7, 11) is 1.91. The number of nitrogens with zero attached hydrogens (tertiary/aromatic N) is 1. The van der Waals surface area contributed by atoms with E-state index in [0.29, 0.717) is 18.5 Å². The molecule has 0 unspecified atom stereocenters. The average Bonchev–Trinajstić information content (AvgIpc) is 3.16. The number of carbonyl (C=O) groups is 4. The third kappa shape index (κ3) is 3.12. The molecule has 1 aromatic rings. The largest absolute Gasteiger partial charge is 0.481 e. The summed E-state index contributed by atoms with van der Waals surface area (Å²) in [6, 6.07) is 0. The van der Waals surface area contributed by atoms with Gasteiger partial charge >= 0.3 is 11.9 Å². The standard InChI is InChI=1S/C33H43NO6/c1-8-40-29(37)22-17(4)34(7)26-23-18-14-21-31(5)11-9-12-32(6,30(38)39)20(31)10-13-33(21,15-19(18)16(2)3)25(23)28(36)27(35)24(22)26/h15-16,18,20-21,23,25H,8-14H2,1-7H3,(H,38,39)/t18-,20+,21+,23+,25-,31-,32+,33-/m0/s1. The lowest BCUT2D eigenvalue weighted by Gasteiger charge is -2.70. The summed E-state index contributed by atoms with van der Waals surface area (Å²) in [4.78, 5) is 54.1. The van der Waals surface area contributed by atoms with Gasteiger partial charge in [0.15, 0.2) is 0 Å². The van der Waals surface area contributed by atoms with Gasteiger partial charge in [0.25, 0.3) is 0 Å². The maximum atomic E-state index is 14.4. The van der Waals surface area contributed by atoms with Gasteiger partial charge in [0, 0.05) is 35.7 Å². The van der Waals surface area contributed by atoms with Crippen molar-refractivity contribution in [3.05, 3.63) is 34.2 Å². The predicted molar refractivity (Wildman–Crippen MR) is 149 cm³/mol. The van der Waals surface area contributed by atoms with Crippen LogP contribution in [-0.2, 0) is 21.4 Å². The third-order valence-electron chi connectivity index (χ3n) is 12.4. The number of hydrogen-bond donors (Lipinski definition) is 1. The Morgan fingerprint density at radius 2 is 1.85 bits per heavy atom. The molecular formula is C33H43NO6. The van der Waals surface area contributed by atoms with E-state index in [9.17, 15) is 24.3 Å². The van der Waals surface area contributed by atoms with Crippen LogP contribution in [0.25, 0.3) is 0 Å². The van der Waals surface area contributed by atoms with Crippen LogP contribution in [0.1, 0.15) is 111 Å². The molecule has 0 radical (unpaired) electrons. The van der Waals surface area contributed by atoms with Gasteiger partial charge in [-0.1, -0.05) is 38.8 Å². The van der Waals surface area contributed by atoms with E-state index in [1.807, 2.05) is 25.5 Å². The quantitative estimate of drug-likeness (QED) is 0.286. The topological polar surface area (TPSA) is 103 Å². The van der Waals surface area contributed by atoms with Gasteiger partial charge in [-0.05, 0) is 82.0 Å². The second kappa shape index (κ2) is 8.65. The van der Waals surface area contributed by atoms with Gasteiger partial charge in [-0.25, -0.2) is 4.79 Å². The first-order valence-corrected chi connectivity index (χ1v) is 15.2. The van der Waals surface area contributed by atoms with Crippen LogP contribution in [0, 0.1) is 52.8 Å². The van der Waals surface area contributed by atoms with E-state index >= 15 is 0 Å². The zero-order chi connectivity index (χ0) is 29.1. The van der Waals surface area contributed by atoms with Gasteiger partial charge in [-0.15, -0.1) is 0 Å². The van der Waals surface area contributed by atoms with Gasteiger partial charge in [-0.2, -0.15) is 0 Å². The van der Waals surface area contributed by atoms with Crippen LogP contribution >= 0.6 is 0 Å². The van der Waals surface area contributed by atoms with Crippen LogP contribution < -0.4 is 0 Å². The minimum absolute atomic E-state index is 0.0354. The molecule has 0 aromatic carbocycles. The van der Waals surface area contributed by atoms with Crippen molar-refractivity contribution >= 4 is 23.5 Å². The SMILES string of the molecule is CCOC(=O)c1c2c(n(C)c1C)[C@H]1[C@@H](C(=O)C2=O)[C@@]23C=C(C(C)C)[C@@H]1C[C@@H]2[C@@]1(C)CCC[C@@](C)(C(=O)O)[C@@H]1CC3. The molecule has 40 heavy (non-hydrogen) atoms. The number of rotatable bonds is 4. The van der Waals surface area contributed by atoms with Crippen LogP contribution in [0.15, 0.2) is 11.6 Å². The second-order valence-corrected chi connectivity index (χ2v) is 14.2. The number of carbonyl (C=O) groups excluding carboxylic acids is 3. The number of carboxylic acids is 1. The third-order valence-corrected chi connectivity index (χ3v) is 12.4. The summed E-state index contributed by atoms with van der Waals surface area (Å²) in [6.07, 6.45) is 7.22. The Morgan fingerprint density at radius 1 is 1.15 bits per heavy atom. The van der Waals surface area contributed by atoms with Crippen molar-refractivity contribution in [1.29, 1.82) is 0 Å². The highest BCUT2D eigenvalue weighted by molar-refractivity contribution is 6.47. The first kappa shape index (κ1) is 27.5. The van der Waals surface area contributed by atoms with Crippen molar-refractivity contribution in [3.63, 3.8) is 0 Å². The number of ether oxygens (including phenoxy) is 1. The smallest absolute Gasteiger partial charge is 0.340 e. The molecule has 1 aromatic heterocycles. The Hall–Kier alpha value is -2.70. The van der Waals surface area contributed by atoms with Crippen molar-refractivity contribution in [2.75, 3.05) is 6.61 Å². The van der Waals surface area contributed by atoms with Crippen molar-refractivity contribution < 1.29 is 29.0 Å². The van der Waals surface area contributed by atoms with E-state index in [2.05, 4.69) is 26.8 Å². The molecule has 1 N–H and O–H groups in total. The molecule has 3 fully saturated rings. The Balaban J connectivity index is 1.57. The molecule has 3 saturated carbocycles. The number of Topliss-reactive ketones (excluding diaryl/α,β-unsaturated/α-hetero) is 2. The highest BCUT2D eigenvalue weighted by atomic mass is 16.5. The van der Waals surface area contributed by atoms with Crippen LogP contribution in [-0.4, -0.2) is 39.8 Å². The minimum atomic E-state index is -0.779. The Kier molecular flexibility index (Phi) is 5.94. The number of allylic oxidation sites excluding steroid dienone is 2. The Labute approximate surface area is 236 Å². The first-order valence-electron chi connectivity index (χ1n) is 15.2. The molecule has 216 valence electrons. The van der Waals surface area contributed by atoms with Crippen molar-refractivity contribution in [1.82, 2.24) is 4.57 Å². The molecule has 6 aliphatic carbocycles. The fraction of sp³-hybridized carbons (Fsp3) is 0.697. The summed E-state index contributed by atoms with van der Waals surface area (Å²) < 4.78 is 7.33. The highest BCUT2D eigenvalue weighted by Gasteiger charge is 2.71. The van der Waals surface area contributed by atoms with Crippen molar-refractivity contribution in [2.45, 2.75) is 86.0 Å². The lowest BCUT2D eigenvalue weighted by molar-refractivity contribution is -0.192. The Bertz CT molecular complexity index is 1380. The maximum Gasteiger partial charge on any atom is 0.340 e. The summed E-state index contributed by atoms with van der Waals surface area (Å²) >= 11 is 0. The first-order chi connectivity index (χ1) is 18.8. The Morgan fingerprint density at radius 3 is 2.48 bits per heavy atom. The van der Waals surface area contributed by atoms with E-state index in [1.54, 1.807) is 6.92 Å². The van der Waals surface area contributed by atoms with Crippen LogP contribution in [0.4, 0.5) is 0 Å². The molecule has 0 amide bonds. The molecule has 7 nitrogen and oxygen atoms in total. The maximum absolute atomic E-state index is 14.4. The highest BCUT2D eigenvalue weighted by Crippen LogP contribution is 2.75. The molecular weight excluding hydrogens is 506 g/mol. The minimum Gasteiger partial charge on any atom is -0.481 e. The molecule has 7 heteroatoms. The van der Waals surface area contributed by atoms with Crippen LogP contribution in [0.5, 0.6) is 0 Å². The van der Waals surface area contributed by atoms with E-state index < -0.39 is 34.5 Å². The fourth-order valence-electron chi connectivity index (χ4n) is 10.8. The number of aromatic nitrogens is 1. The lowest BCUT2D eigenvalue weighted by atomic mass is 9.33. The van der Waals surface area contributed by atoms with E-state index in [4.69, 9.17) is 4.74 Å². The monoisotopic (exact) mass is 549 g/mol. The van der Waals surface area contributed by atoms with Crippen LogP contribution in [0.2, 0.25) is 0 Å². The van der Waals surface area contributed by atoms with Gasteiger partial charge < -0.3 is 14.4 Å². The van der Waals surface area contributed by atoms with Gasteiger partial charge in [0.05, 0.1) is 23.1 Å². The number of ketones is 2. The lowest BCUT2D eigenvalue weighted by Crippen LogP contribution is -2.66. The molecule has 1 heterocycles. The summed E-state index contributed by atoms with van der Waals surface area (Å²) in [5.41, 5.74) is 1.82. The number of carboxylic acid groups (broad SMARTS) is 1. The molecule has 1 spiro atoms. The van der Waals surface area contributed by atoms with Gasteiger partial charge in [-0.3, -0.25) is 14.4 Å². The molecule has 8 atom stereocenters. The van der Waals surface area contributed by atoms with Crippen LogP contribution in [0.3, 0.4) is 0 Å². The number of fused-ring (bicyclic) bond motifs is 2. The zero-order valence-corrected chi connectivity index (χ0v) is 24.9. The summed E-state index contributed by atoms with van der Waals surface area (Å²) in [5, 5.41) is 10.4. The molecule has 0 saturated heterocycles. The van der Waals surface area contributed by atoms with E-state index in [1.165, 1.54) is 5.57 Å². The van der Waals surface area contributed by atoms with Gasteiger partial charge in [0.2, 0.25) is 11.6 Å². The van der Waals surface area contributed by atoms with E-state index in [-0.39, 0.29) is 58.5 Å². The van der Waals surface area contributed by atoms with Crippen molar-refractivity contribution in [2.24, 2.45) is 52.9 Å². The summed E-state index contributed by atoms with van der Waals surface area (Å²) in [5.74, 6) is -2.35. The average molecular weight is 550 g/mol. The van der Waals surface area contributed by atoms with Crippen molar-refractivity contribution in [3.8, 4) is 0 Å². The zero-order valence-electron chi connectivity index (χ0n) is 24.9. The number of hydrogen-bond acceptors (Lipinski definition) is 5. The van der Waals surface area contributed by atoms with E-state index in [0.717, 1.165) is 31.4 Å². The molecule has 7 rings (SSSR count). The molecule has 0 aliphatic heterocycles. The number of aliphatic carboxylic acids is 1. The summed E-state index contributed by atoms with van der Waals surface area (Å²) in [6.45, 7) is 12.4. The molecule has 6 aliphatic rings. The normalized spacial score (nSPS) is 39.7. The fourth-order valence-corrected chi connectivity index (χ4v) is 10.8. The molecule has 2 bridgehead atoms. The number of esters is 1. The van der Waals surface area contributed by atoms with Gasteiger partial charge in [0.1, 0.15) is 0 Å². The second-order valence-electron chi connectivity index (χ2n) is 14.2. The predicted octanol–water partition coefficient (Wildman–Crippen LogP) is 5.89.